The lowest BCUT2D eigenvalue weighted by Gasteiger charge is -2.47. The molecule has 2 aliphatic carbocycles. The van der Waals surface area contributed by atoms with Gasteiger partial charge < -0.3 is 5.73 Å². The Kier molecular flexibility index (Phi) is 6.10. The van der Waals surface area contributed by atoms with Crippen LogP contribution in [0.15, 0.2) is 47.8 Å². The number of carbonyl (C=O) groups excluding carboxylic acids is 1. The van der Waals surface area contributed by atoms with Gasteiger partial charge in [-0.2, -0.15) is 5.10 Å². The molecule has 2 aromatic rings. The Hall–Kier alpha value is -2.89. The van der Waals surface area contributed by atoms with Crippen LogP contribution in [-0.4, -0.2) is 27.8 Å². The van der Waals surface area contributed by atoms with E-state index in [0.29, 0.717) is 11.6 Å². The molecule has 0 bridgehead atoms. The SMILES string of the molecule is CC1(C)CC(N2N=C(C3CCCCC3)c3cnccc3N(c3ccc(N)cc3)C2=O)CC(C)(C)C1. The van der Waals surface area contributed by atoms with E-state index in [1.54, 1.807) is 6.20 Å². The number of pyridine rings is 1. The summed E-state index contributed by atoms with van der Waals surface area (Å²) in [6, 6.07) is 9.47. The number of nitrogen functional groups attached to an aromatic ring is 1. The molecule has 6 heteroatoms. The van der Waals surface area contributed by atoms with Gasteiger partial charge in [-0.25, -0.2) is 9.80 Å². The van der Waals surface area contributed by atoms with E-state index in [9.17, 15) is 4.79 Å². The fraction of sp³-hybridized carbons (Fsp3) is 0.552. The second-order valence-electron chi connectivity index (χ2n) is 12.3. The maximum Gasteiger partial charge on any atom is 0.349 e. The van der Waals surface area contributed by atoms with Crippen molar-refractivity contribution in [1.82, 2.24) is 9.99 Å². The van der Waals surface area contributed by atoms with Crippen molar-refractivity contribution in [2.24, 2.45) is 21.8 Å². The van der Waals surface area contributed by atoms with Gasteiger partial charge in [-0.05, 0) is 73.3 Å². The Morgan fingerprint density at radius 2 is 1.60 bits per heavy atom. The van der Waals surface area contributed by atoms with Crippen molar-refractivity contribution in [3.8, 4) is 0 Å². The second kappa shape index (κ2) is 8.96. The van der Waals surface area contributed by atoms with Crippen LogP contribution in [0.1, 0.15) is 84.6 Å². The molecule has 5 rings (SSSR count). The molecule has 0 radical (unpaired) electrons. The first-order valence-electron chi connectivity index (χ1n) is 13.2. The number of anilines is 3. The molecule has 186 valence electrons. The largest absolute Gasteiger partial charge is 0.399 e. The fourth-order valence-electron chi connectivity index (χ4n) is 6.95. The van der Waals surface area contributed by atoms with E-state index in [1.165, 1.54) is 19.3 Å². The zero-order chi connectivity index (χ0) is 24.8. The third-order valence-electron chi connectivity index (χ3n) is 7.94. The number of fused-ring (bicyclic) bond motifs is 1. The van der Waals surface area contributed by atoms with E-state index in [1.807, 2.05) is 46.4 Å². The predicted octanol–water partition coefficient (Wildman–Crippen LogP) is 7.13. The van der Waals surface area contributed by atoms with Gasteiger partial charge in [0.1, 0.15) is 0 Å². The van der Waals surface area contributed by atoms with Crippen molar-refractivity contribution in [2.75, 3.05) is 10.6 Å². The minimum Gasteiger partial charge on any atom is -0.399 e. The molecule has 0 spiro atoms. The molecule has 1 aliphatic heterocycles. The summed E-state index contributed by atoms with van der Waals surface area (Å²) in [5.74, 6) is 0.345. The van der Waals surface area contributed by atoms with Gasteiger partial charge in [0, 0.05) is 29.6 Å². The number of benzene rings is 1. The van der Waals surface area contributed by atoms with Crippen LogP contribution in [0, 0.1) is 16.7 Å². The lowest BCUT2D eigenvalue weighted by atomic mass is 9.63. The molecule has 2 fully saturated rings. The molecule has 2 N–H and O–H groups in total. The van der Waals surface area contributed by atoms with E-state index in [0.717, 1.165) is 54.8 Å². The van der Waals surface area contributed by atoms with Gasteiger partial charge in [0.2, 0.25) is 0 Å². The van der Waals surface area contributed by atoms with E-state index < -0.39 is 0 Å². The molecule has 0 unspecified atom stereocenters. The van der Waals surface area contributed by atoms with E-state index >= 15 is 0 Å². The van der Waals surface area contributed by atoms with E-state index in [4.69, 9.17) is 10.8 Å². The Morgan fingerprint density at radius 1 is 0.943 bits per heavy atom. The Balaban J connectivity index is 1.67. The van der Waals surface area contributed by atoms with Crippen molar-refractivity contribution in [1.29, 1.82) is 0 Å². The normalized spacial score (nSPS) is 23.0. The number of nitrogens with zero attached hydrogens (tertiary/aromatic N) is 4. The standard InChI is InChI=1S/C29H39N5O/c1-28(2)16-23(17-29(3,4)19-28)34-27(35)33(22-12-10-21(30)11-13-22)25-14-15-31-18-24(25)26(32-34)20-8-6-5-7-9-20/h10-15,18,20,23H,5-9,16-17,19,30H2,1-4H3. The summed E-state index contributed by atoms with van der Waals surface area (Å²) in [7, 11) is 0. The number of hydrazone groups is 1. The summed E-state index contributed by atoms with van der Waals surface area (Å²) >= 11 is 0. The lowest BCUT2D eigenvalue weighted by Crippen LogP contribution is -2.49. The highest BCUT2D eigenvalue weighted by atomic mass is 16.2. The molecule has 0 atom stereocenters. The zero-order valence-electron chi connectivity index (χ0n) is 21.6. The molecule has 3 aliphatic rings. The van der Waals surface area contributed by atoms with Crippen molar-refractivity contribution >= 4 is 28.8 Å². The highest BCUT2D eigenvalue weighted by Crippen LogP contribution is 2.48. The first-order valence-corrected chi connectivity index (χ1v) is 13.2. The summed E-state index contributed by atoms with van der Waals surface area (Å²) in [6.45, 7) is 9.30. The average Bonchev–Trinajstić information content (AvgIpc) is 2.93. The summed E-state index contributed by atoms with van der Waals surface area (Å²) in [5.41, 5.74) is 10.6. The number of aromatic nitrogens is 1. The Morgan fingerprint density at radius 3 is 2.26 bits per heavy atom. The lowest BCUT2D eigenvalue weighted by molar-refractivity contribution is 0.0423. The highest BCUT2D eigenvalue weighted by Gasteiger charge is 2.45. The van der Waals surface area contributed by atoms with Crippen LogP contribution in [0.5, 0.6) is 0 Å². The first kappa shape index (κ1) is 23.8. The Bertz CT molecular complexity index is 1100. The number of amides is 2. The molecular formula is C29H39N5O. The summed E-state index contributed by atoms with van der Waals surface area (Å²) < 4.78 is 0. The van der Waals surface area contributed by atoms with Gasteiger partial charge >= 0.3 is 6.03 Å². The molecule has 35 heavy (non-hydrogen) atoms. The van der Waals surface area contributed by atoms with Gasteiger partial charge in [0.25, 0.3) is 0 Å². The van der Waals surface area contributed by atoms with Crippen molar-refractivity contribution in [3.05, 3.63) is 48.3 Å². The van der Waals surface area contributed by atoms with Crippen LogP contribution in [-0.2, 0) is 0 Å². The molecule has 1 aromatic heterocycles. The average molecular weight is 474 g/mol. The first-order chi connectivity index (χ1) is 16.6. The van der Waals surface area contributed by atoms with Crippen LogP contribution < -0.4 is 10.6 Å². The molecular weight excluding hydrogens is 434 g/mol. The maximum absolute atomic E-state index is 14.4. The van der Waals surface area contributed by atoms with Crippen molar-refractivity contribution in [2.45, 2.75) is 85.1 Å². The molecule has 2 heterocycles. The molecule has 0 saturated heterocycles. The molecule has 6 nitrogen and oxygen atoms in total. The minimum atomic E-state index is -0.0912. The number of hydrogen-bond acceptors (Lipinski definition) is 4. The fourth-order valence-corrected chi connectivity index (χ4v) is 6.95. The highest BCUT2D eigenvalue weighted by molar-refractivity contribution is 6.13. The number of urea groups is 1. The van der Waals surface area contributed by atoms with Gasteiger partial charge in [-0.15, -0.1) is 0 Å². The Labute approximate surface area is 209 Å². The van der Waals surface area contributed by atoms with Gasteiger partial charge in [0.05, 0.1) is 23.1 Å². The van der Waals surface area contributed by atoms with Gasteiger partial charge in [-0.1, -0.05) is 47.0 Å². The van der Waals surface area contributed by atoms with E-state index in [2.05, 4.69) is 32.7 Å². The van der Waals surface area contributed by atoms with E-state index in [-0.39, 0.29) is 22.9 Å². The third-order valence-corrected chi connectivity index (χ3v) is 7.94. The summed E-state index contributed by atoms with van der Waals surface area (Å²) in [5, 5.41) is 7.10. The molecule has 2 amide bonds. The smallest absolute Gasteiger partial charge is 0.349 e. The van der Waals surface area contributed by atoms with Crippen LogP contribution in [0.2, 0.25) is 0 Å². The van der Waals surface area contributed by atoms with Crippen molar-refractivity contribution in [3.63, 3.8) is 0 Å². The predicted molar refractivity (Wildman–Crippen MR) is 143 cm³/mol. The van der Waals surface area contributed by atoms with Crippen LogP contribution >= 0.6 is 0 Å². The minimum absolute atomic E-state index is 0.0402. The van der Waals surface area contributed by atoms with Gasteiger partial charge in [0.15, 0.2) is 0 Å². The monoisotopic (exact) mass is 473 g/mol. The number of hydrogen-bond donors (Lipinski definition) is 1. The summed E-state index contributed by atoms with van der Waals surface area (Å²) in [6.07, 6.45) is 12.6. The van der Waals surface area contributed by atoms with Crippen LogP contribution in [0.25, 0.3) is 0 Å². The maximum atomic E-state index is 14.4. The second-order valence-corrected chi connectivity index (χ2v) is 12.3. The van der Waals surface area contributed by atoms with Crippen molar-refractivity contribution < 1.29 is 4.79 Å². The number of rotatable bonds is 3. The summed E-state index contributed by atoms with van der Waals surface area (Å²) in [4.78, 5) is 20.7. The number of nitrogens with two attached hydrogens (primary N) is 1. The quantitative estimate of drug-likeness (QED) is 0.482. The topological polar surface area (TPSA) is 74.8 Å². The van der Waals surface area contributed by atoms with Gasteiger partial charge in [-0.3, -0.25) is 9.88 Å². The van der Waals surface area contributed by atoms with Crippen LogP contribution in [0.4, 0.5) is 21.9 Å². The zero-order valence-corrected chi connectivity index (χ0v) is 21.6. The third kappa shape index (κ3) is 4.80. The molecule has 1 aromatic carbocycles. The molecule has 2 saturated carbocycles. The van der Waals surface area contributed by atoms with Crippen LogP contribution in [0.3, 0.4) is 0 Å². The number of carbonyl (C=O) groups is 1.